The van der Waals surface area contributed by atoms with Crippen LogP contribution in [0.2, 0.25) is 0 Å². The van der Waals surface area contributed by atoms with Crippen LogP contribution in [0.15, 0.2) is 158 Å². The van der Waals surface area contributed by atoms with Gasteiger partial charge in [-0.2, -0.15) is 0 Å². The van der Waals surface area contributed by atoms with Crippen molar-refractivity contribution in [2.75, 3.05) is 47.5 Å². The van der Waals surface area contributed by atoms with Crippen molar-refractivity contribution in [3.8, 4) is 0 Å². The molecule has 9 nitrogen and oxygen atoms in total. The molecule has 0 rings (SSSR count). The number of quaternary nitrogens is 1. The predicted octanol–water partition coefficient (Wildman–Crippen LogP) is 16.2. The van der Waals surface area contributed by atoms with Crippen LogP contribution in [0.3, 0.4) is 0 Å². The summed E-state index contributed by atoms with van der Waals surface area (Å²) in [6, 6.07) is 0. The highest BCUT2D eigenvalue weighted by Gasteiger charge is 2.25. The molecule has 0 aliphatic heterocycles. The largest absolute Gasteiger partial charge is 0.477 e. The maximum atomic E-state index is 12.8. The average Bonchev–Trinajstić information content (AvgIpc) is 3.36. The Balaban J connectivity index is 4.35. The number of esters is 2. The number of hydrogen-bond acceptors (Lipinski definition) is 7. The molecular formula is C64H100NO8+. The number of carboxylic acid groups (broad SMARTS) is 1. The van der Waals surface area contributed by atoms with Gasteiger partial charge in [0.25, 0.3) is 6.29 Å². The summed E-state index contributed by atoms with van der Waals surface area (Å²) in [4.78, 5) is 37.3. The maximum absolute atomic E-state index is 12.8. The second kappa shape index (κ2) is 53.2. The van der Waals surface area contributed by atoms with Gasteiger partial charge in [0, 0.05) is 6.42 Å². The summed E-state index contributed by atoms with van der Waals surface area (Å²) in [5.74, 6) is -2.20. The molecule has 0 aromatic rings. The second-order valence-electron chi connectivity index (χ2n) is 18.8. The Labute approximate surface area is 444 Å². The predicted molar refractivity (Wildman–Crippen MR) is 308 cm³/mol. The van der Waals surface area contributed by atoms with Crippen molar-refractivity contribution < 1.29 is 42.9 Å². The summed E-state index contributed by atoms with van der Waals surface area (Å²) in [6.07, 6.45) is 76.4. The molecule has 0 radical (unpaired) electrons. The van der Waals surface area contributed by atoms with Gasteiger partial charge in [0.15, 0.2) is 6.10 Å². The first kappa shape index (κ1) is 67.9. The number of carbonyl (C=O) groups excluding carboxylic acids is 2. The van der Waals surface area contributed by atoms with Crippen LogP contribution in [0.1, 0.15) is 168 Å². The van der Waals surface area contributed by atoms with E-state index in [0.717, 1.165) is 103 Å². The van der Waals surface area contributed by atoms with E-state index in [2.05, 4.69) is 154 Å². The minimum absolute atomic E-state index is 0.0587. The zero-order valence-electron chi connectivity index (χ0n) is 46.2. The monoisotopic (exact) mass is 1010 g/mol. The van der Waals surface area contributed by atoms with Crippen LogP contribution in [0.4, 0.5) is 0 Å². The molecule has 0 amide bonds. The molecule has 0 heterocycles. The quantitative estimate of drug-likeness (QED) is 0.0211. The lowest BCUT2D eigenvalue weighted by Gasteiger charge is -2.25. The number of hydrogen-bond donors (Lipinski definition) is 1. The highest BCUT2D eigenvalue weighted by atomic mass is 16.7. The Bertz CT molecular complexity index is 1750. The van der Waals surface area contributed by atoms with Gasteiger partial charge in [-0.3, -0.25) is 9.59 Å². The van der Waals surface area contributed by atoms with Gasteiger partial charge in [0.1, 0.15) is 13.2 Å². The van der Waals surface area contributed by atoms with Crippen LogP contribution >= 0.6 is 0 Å². The SMILES string of the molecule is CC/C=C\C/C=C\C/C=C\C/C=C\C/C=C\C/C=C\C/C=C\C/C=C\CCCCCCCCCCC(=O)OC(COC(=O)C/C=C\C/C=C\C/C=C\C/C=C\C/C=C\CC)COC(OCC[N+](C)(C)C)C(=O)O. The number of likely N-dealkylation sites (N-methyl/N-ethyl adjacent to an activating group) is 1. The fourth-order valence-electron chi connectivity index (χ4n) is 6.63. The zero-order chi connectivity index (χ0) is 53.4. The molecule has 0 fully saturated rings. The summed E-state index contributed by atoms with van der Waals surface area (Å²) in [7, 11) is 5.92. The van der Waals surface area contributed by atoms with Gasteiger partial charge in [-0.1, -0.05) is 210 Å². The van der Waals surface area contributed by atoms with E-state index >= 15 is 0 Å². The van der Waals surface area contributed by atoms with Crippen molar-refractivity contribution in [2.45, 2.75) is 180 Å². The van der Waals surface area contributed by atoms with Crippen LogP contribution in [0.5, 0.6) is 0 Å². The van der Waals surface area contributed by atoms with Crippen molar-refractivity contribution in [3.63, 3.8) is 0 Å². The van der Waals surface area contributed by atoms with Crippen LogP contribution < -0.4 is 0 Å². The lowest BCUT2D eigenvalue weighted by atomic mass is 10.1. The minimum atomic E-state index is -1.54. The number of rotatable bonds is 48. The smallest absolute Gasteiger partial charge is 0.361 e. The lowest BCUT2D eigenvalue weighted by molar-refractivity contribution is -0.870. The number of carboxylic acids is 1. The molecule has 0 saturated carbocycles. The summed E-state index contributed by atoms with van der Waals surface area (Å²) in [6.45, 7) is 4.48. The zero-order valence-corrected chi connectivity index (χ0v) is 46.2. The van der Waals surface area contributed by atoms with E-state index in [9.17, 15) is 19.5 Å². The average molecular weight is 1010 g/mol. The van der Waals surface area contributed by atoms with Gasteiger partial charge < -0.3 is 28.5 Å². The second-order valence-corrected chi connectivity index (χ2v) is 18.8. The number of carbonyl (C=O) groups is 3. The first-order chi connectivity index (χ1) is 35.6. The minimum Gasteiger partial charge on any atom is -0.477 e. The van der Waals surface area contributed by atoms with E-state index in [1.807, 2.05) is 33.3 Å². The Kier molecular flexibility index (Phi) is 49.5. The van der Waals surface area contributed by atoms with E-state index in [1.165, 1.54) is 25.7 Å². The van der Waals surface area contributed by atoms with E-state index in [4.69, 9.17) is 18.9 Å². The molecule has 0 aliphatic rings. The molecule has 0 aromatic heterocycles. The molecule has 2 atom stereocenters. The third-order valence-corrected chi connectivity index (χ3v) is 10.8. The maximum Gasteiger partial charge on any atom is 0.361 e. The highest BCUT2D eigenvalue weighted by Crippen LogP contribution is 2.13. The molecule has 9 heteroatoms. The van der Waals surface area contributed by atoms with Crippen LogP contribution in [0.25, 0.3) is 0 Å². The van der Waals surface area contributed by atoms with E-state index in [0.29, 0.717) is 23.9 Å². The topological polar surface area (TPSA) is 108 Å². The van der Waals surface area contributed by atoms with Crippen molar-refractivity contribution in [2.24, 2.45) is 0 Å². The fraction of sp³-hybridized carbons (Fsp3) is 0.547. The van der Waals surface area contributed by atoms with E-state index in [-0.39, 0.29) is 32.7 Å². The molecule has 2 unspecified atom stereocenters. The molecule has 1 N–H and O–H groups in total. The molecule has 0 aromatic carbocycles. The Hall–Kier alpha value is -5.09. The number of nitrogens with zero attached hydrogens (tertiary/aromatic N) is 1. The van der Waals surface area contributed by atoms with Crippen LogP contribution in [0, 0.1) is 0 Å². The van der Waals surface area contributed by atoms with Crippen molar-refractivity contribution >= 4 is 17.9 Å². The van der Waals surface area contributed by atoms with Crippen LogP contribution in [-0.2, 0) is 33.3 Å². The normalized spacial score (nSPS) is 14.0. The molecule has 0 aliphatic carbocycles. The molecule has 0 spiro atoms. The number of unbranched alkanes of at least 4 members (excludes halogenated alkanes) is 8. The van der Waals surface area contributed by atoms with Gasteiger partial charge >= 0.3 is 17.9 Å². The number of allylic oxidation sites excluding steroid dienone is 25. The molecule has 0 saturated heterocycles. The van der Waals surface area contributed by atoms with Gasteiger partial charge in [-0.05, 0) is 103 Å². The van der Waals surface area contributed by atoms with Gasteiger partial charge in [0.2, 0.25) is 0 Å². The summed E-state index contributed by atoms with van der Waals surface area (Å²) < 4.78 is 22.7. The first-order valence-corrected chi connectivity index (χ1v) is 27.6. The Morgan fingerprint density at radius 2 is 0.781 bits per heavy atom. The Morgan fingerprint density at radius 1 is 0.425 bits per heavy atom. The van der Waals surface area contributed by atoms with Crippen molar-refractivity contribution in [1.82, 2.24) is 0 Å². The van der Waals surface area contributed by atoms with Gasteiger partial charge in [-0.15, -0.1) is 0 Å². The number of ether oxygens (including phenoxy) is 4. The number of aliphatic carboxylic acids is 1. The fourth-order valence-corrected chi connectivity index (χ4v) is 6.63. The van der Waals surface area contributed by atoms with Crippen LogP contribution in [-0.4, -0.2) is 87.4 Å². The van der Waals surface area contributed by atoms with Crippen molar-refractivity contribution in [3.05, 3.63) is 158 Å². The van der Waals surface area contributed by atoms with Gasteiger partial charge in [0.05, 0.1) is 40.8 Å². The van der Waals surface area contributed by atoms with Crippen molar-refractivity contribution in [1.29, 1.82) is 0 Å². The molecule has 73 heavy (non-hydrogen) atoms. The molecule has 408 valence electrons. The summed E-state index contributed by atoms with van der Waals surface area (Å²) in [5, 5.41) is 9.68. The third kappa shape index (κ3) is 54.5. The molecule has 0 bridgehead atoms. The standard InChI is InChI=1S/C64H99NO8/c1-6-8-10-12-14-16-18-20-22-23-24-25-26-27-28-29-30-31-32-33-34-35-36-37-38-39-41-43-45-47-49-51-53-55-62(67)73-60(59-72-64(63(68)69)70-57-56-65(3,4)5)58-71-61(66)54-52-50-48-46-44-42-40-21-19-17-15-13-11-9-7-2/h8-11,14-17,20-22,24-25,27-28,30-31,33-34,36-37,40,44,46,50,52,60,64H,6-7,12-13,18-19,23,26,29,32,35,38-39,41-43,45,47-49,51,53-59H2,1-5H3/p+1/b10-8-,11-9-,16-14-,17-15-,22-20-,25-24-,28-27-,31-30-,34-33-,37-36-,40-21-,46-44-,52-50-. The Morgan fingerprint density at radius 3 is 1.16 bits per heavy atom. The van der Waals surface area contributed by atoms with E-state index < -0.39 is 30.3 Å². The highest BCUT2D eigenvalue weighted by molar-refractivity contribution is 5.72. The molecular weight excluding hydrogens is 911 g/mol. The summed E-state index contributed by atoms with van der Waals surface area (Å²) in [5.41, 5.74) is 0. The first-order valence-electron chi connectivity index (χ1n) is 27.6. The lowest BCUT2D eigenvalue weighted by Crippen LogP contribution is -2.40. The third-order valence-electron chi connectivity index (χ3n) is 10.8. The van der Waals surface area contributed by atoms with E-state index in [1.54, 1.807) is 6.08 Å². The van der Waals surface area contributed by atoms with Gasteiger partial charge in [-0.25, -0.2) is 4.79 Å². The summed E-state index contributed by atoms with van der Waals surface area (Å²) >= 11 is 0.